The maximum atomic E-state index is 10.9. The van der Waals surface area contributed by atoms with E-state index in [1.807, 2.05) is 18.2 Å². The van der Waals surface area contributed by atoms with E-state index in [0.717, 1.165) is 11.1 Å². The predicted octanol–water partition coefficient (Wildman–Crippen LogP) is 1.75. The second-order valence-electron chi connectivity index (χ2n) is 3.46. The van der Waals surface area contributed by atoms with Crippen LogP contribution in [0.3, 0.4) is 0 Å². The molecule has 1 aromatic rings. The van der Waals surface area contributed by atoms with Crippen molar-refractivity contribution in [3.8, 4) is 0 Å². The minimum absolute atomic E-state index is 0.112. The lowest BCUT2D eigenvalue weighted by atomic mass is 10.0. The molecule has 14 heavy (non-hydrogen) atoms. The van der Waals surface area contributed by atoms with Gasteiger partial charge in [-0.15, -0.1) is 0 Å². The van der Waals surface area contributed by atoms with Crippen LogP contribution in [0.1, 0.15) is 25.0 Å². The van der Waals surface area contributed by atoms with E-state index < -0.39 is 0 Å². The molecular formula is C12H13O2. The first kappa shape index (κ1) is 10.6. The number of carbonyl (C=O) groups is 2. The number of rotatable bonds is 4. The van der Waals surface area contributed by atoms with Gasteiger partial charge in [-0.25, -0.2) is 0 Å². The van der Waals surface area contributed by atoms with Crippen molar-refractivity contribution in [3.05, 3.63) is 35.4 Å². The summed E-state index contributed by atoms with van der Waals surface area (Å²) in [4.78, 5) is 21.7. The van der Waals surface area contributed by atoms with Gasteiger partial charge in [0.15, 0.2) is 0 Å². The molecule has 1 rings (SSSR count). The van der Waals surface area contributed by atoms with Crippen LogP contribution in [0.25, 0.3) is 0 Å². The van der Waals surface area contributed by atoms with E-state index >= 15 is 0 Å². The first-order valence-corrected chi connectivity index (χ1v) is 4.57. The van der Waals surface area contributed by atoms with E-state index in [0.29, 0.717) is 12.8 Å². The molecule has 2 nitrogen and oxygen atoms in total. The summed E-state index contributed by atoms with van der Waals surface area (Å²) in [6.07, 6.45) is 0.789. The van der Waals surface area contributed by atoms with Crippen molar-refractivity contribution < 1.29 is 9.59 Å². The van der Waals surface area contributed by atoms with E-state index in [1.54, 1.807) is 13.8 Å². The van der Waals surface area contributed by atoms with Crippen molar-refractivity contribution in [1.29, 1.82) is 0 Å². The lowest BCUT2D eigenvalue weighted by Gasteiger charge is -2.00. The van der Waals surface area contributed by atoms with Gasteiger partial charge in [-0.3, -0.25) is 9.59 Å². The van der Waals surface area contributed by atoms with E-state index in [2.05, 4.69) is 6.07 Å². The summed E-state index contributed by atoms with van der Waals surface area (Å²) >= 11 is 0. The third-order valence-corrected chi connectivity index (χ3v) is 1.79. The number of Topliss-reactive ketones (excluding diaryl/α,β-unsaturated/α-hetero) is 2. The highest BCUT2D eigenvalue weighted by Crippen LogP contribution is 2.06. The molecule has 0 unspecified atom stereocenters. The smallest absolute Gasteiger partial charge is 0.134 e. The fourth-order valence-electron chi connectivity index (χ4n) is 1.31. The van der Waals surface area contributed by atoms with Gasteiger partial charge in [0.2, 0.25) is 0 Å². The maximum absolute atomic E-state index is 10.9. The Morgan fingerprint density at radius 3 is 1.86 bits per heavy atom. The van der Waals surface area contributed by atoms with Crippen LogP contribution in [0.4, 0.5) is 0 Å². The van der Waals surface area contributed by atoms with Crippen LogP contribution in [0, 0.1) is 6.07 Å². The van der Waals surface area contributed by atoms with Crippen molar-refractivity contribution in [3.63, 3.8) is 0 Å². The molecule has 0 fully saturated rings. The second-order valence-corrected chi connectivity index (χ2v) is 3.46. The molecule has 73 valence electrons. The van der Waals surface area contributed by atoms with Crippen LogP contribution in [0.15, 0.2) is 18.2 Å². The number of hydrogen-bond acceptors (Lipinski definition) is 2. The zero-order valence-electron chi connectivity index (χ0n) is 8.46. The van der Waals surface area contributed by atoms with Crippen molar-refractivity contribution in [2.24, 2.45) is 0 Å². The SMILES string of the molecule is CC(=O)Cc1[c]c(CC(C)=O)ccc1. The van der Waals surface area contributed by atoms with Crippen LogP contribution >= 0.6 is 0 Å². The Balaban J connectivity index is 2.78. The molecule has 0 heterocycles. The summed E-state index contributed by atoms with van der Waals surface area (Å²) in [7, 11) is 0. The van der Waals surface area contributed by atoms with Gasteiger partial charge in [-0.1, -0.05) is 18.2 Å². The molecule has 0 atom stereocenters. The van der Waals surface area contributed by atoms with Gasteiger partial charge >= 0.3 is 0 Å². The third kappa shape index (κ3) is 3.52. The summed E-state index contributed by atoms with van der Waals surface area (Å²) in [6, 6.07) is 8.62. The Morgan fingerprint density at radius 1 is 1.07 bits per heavy atom. The van der Waals surface area contributed by atoms with Crippen LogP contribution < -0.4 is 0 Å². The predicted molar refractivity (Wildman–Crippen MR) is 54.0 cm³/mol. The first-order chi connectivity index (χ1) is 6.58. The topological polar surface area (TPSA) is 34.1 Å². The number of carbonyl (C=O) groups excluding carboxylic acids is 2. The quantitative estimate of drug-likeness (QED) is 0.723. The average Bonchev–Trinajstić information content (AvgIpc) is 2.01. The summed E-state index contributed by atoms with van der Waals surface area (Å²) in [6.45, 7) is 3.09. The molecule has 2 heteroatoms. The van der Waals surface area contributed by atoms with E-state index in [1.165, 1.54) is 0 Å². The lowest BCUT2D eigenvalue weighted by molar-refractivity contribution is -0.117. The highest BCUT2D eigenvalue weighted by Gasteiger charge is 2.01. The van der Waals surface area contributed by atoms with Gasteiger partial charge < -0.3 is 0 Å². The Kier molecular flexibility index (Phi) is 3.57. The van der Waals surface area contributed by atoms with Gasteiger partial charge in [0.25, 0.3) is 0 Å². The largest absolute Gasteiger partial charge is 0.300 e. The maximum Gasteiger partial charge on any atom is 0.134 e. The third-order valence-electron chi connectivity index (χ3n) is 1.79. The number of benzene rings is 1. The zero-order chi connectivity index (χ0) is 10.6. The monoisotopic (exact) mass is 189 g/mol. The Bertz CT molecular complexity index is 322. The molecule has 0 aliphatic rings. The molecule has 1 radical (unpaired) electrons. The number of ketones is 2. The Hall–Kier alpha value is -1.44. The summed E-state index contributed by atoms with van der Waals surface area (Å²) in [5.41, 5.74) is 1.72. The molecule has 0 bridgehead atoms. The first-order valence-electron chi connectivity index (χ1n) is 4.57. The summed E-state index contributed by atoms with van der Waals surface area (Å²) in [5.74, 6) is 0.224. The average molecular weight is 189 g/mol. The van der Waals surface area contributed by atoms with Crippen molar-refractivity contribution in [2.45, 2.75) is 26.7 Å². The van der Waals surface area contributed by atoms with Gasteiger partial charge in [0.1, 0.15) is 11.6 Å². The second kappa shape index (κ2) is 4.70. The number of hydrogen-bond donors (Lipinski definition) is 0. The molecule has 0 amide bonds. The molecule has 0 saturated heterocycles. The minimum Gasteiger partial charge on any atom is -0.300 e. The molecule has 0 saturated carbocycles. The van der Waals surface area contributed by atoms with Crippen molar-refractivity contribution in [2.75, 3.05) is 0 Å². The molecule has 0 N–H and O–H groups in total. The van der Waals surface area contributed by atoms with Crippen molar-refractivity contribution >= 4 is 11.6 Å². The van der Waals surface area contributed by atoms with Gasteiger partial charge in [-0.05, 0) is 31.0 Å². The fourth-order valence-corrected chi connectivity index (χ4v) is 1.31. The van der Waals surface area contributed by atoms with E-state index in [9.17, 15) is 9.59 Å². The van der Waals surface area contributed by atoms with Crippen LogP contribution in [-0.4, -0.2) is 11.6 Å². The van der Waals surface area contributed by atoms with Gasteiger partial charge in [-0.2, -0.15) is 0 Å². The molecule has 0 aromatic heterocycles. The standard InChI is InChI=1S/C12H13O2/c1-9(13)6-11-4-3-5-12(8-11)7-10(2)14/h3-5H,6-7H2,1-2H3. The highest BCUT2D eigenvalue weighted by atomic mass is 16.1. The zero-order valence-corrected chi connectivity index (χ0v) is 8.46. The van der Waals surface area contributed by atoms with Gasteiger partial charge in [0.05, 0.1) is 0 Å². The molecule has 0 spiro atoms. The Labute approximate surface area is 83.9 Å². The summed E-state index contributed by atoms with van der Waals surface area (Å²) in [5, 5.41) is 0. The van der Waals surface area contributed by atoms with E-state index in [-0.39, 0.29) is 11.6 Å². The Morgan fingerprint density at radius 2 is 1.50 bits per heavy atom. The van der Waals surface area contributed by atoms with Crippen LogP contribution in [0.5, 0.6) is 0 Å². The molecule has 1 aromatic carbocycles. The van der Waals surface area contributed by atoms with Crippen LogP contribution in [0.2, 0.25) is 0 Å². The highest BCUT2D eigenvalue weighted by molar-refractivity contribution is 5.79. The minimum atomic E-state index is 0.112. The van der Waals surface area contributed by atoms with E-state index in [4.69, 9.17) is 0 Å². The van der Waals surface area contributed by atoms with Gasteiger partial charge in [0, 0.05) is 12.8 Å². The molecule has 0 aliphatic carbocycles. The van der Waals surface area contributed by atoms with Crippen LogP contribution in [-0.2, 0) is 22.4 Å². The van der Waals surface area contributed by atoms with Crippen molar-refractivity contribution in [1.82, 2.24) is 0 Å². The normalized spacial score (nSPS) is 9.86. The lowest BCUT2D eigenvalue weighted by Crippen LogP contribution is -2.00. The fraction of sp³-hybridized carbons (Fsp3) is 0.333. The molecular weight excluding hydrogens is 176 g/mol. The molecule has 0 aliphatic heterocycles. The summed E-state index contributed by atoms with van der Waals surface area (Å²) < 4.78 is 0.